The molecule has 1 heterocycles. The lowest BCUT2D eigenvalue weighted by molar-refractivity contribution is -0.133. The van der Waals surface area contributed by atoms with Crippen molar-refractivity contribution in [2.24, 2.45) is 5.92 Å². The van der Waals surface area contributed by atoms with Gasteiger partial charge in [-0.25, -0.2) is 0 Å². The van der Waals surface area contributed by atoms with Crippen LogP contribution >= 0.6 is 15.9 Å². The molecule has 1 saturated heterocycles. The van der Waals surface area contributed by atoms with Gasteiger partial charge in [0.1, 0.15) is 0 Å². The van der Waals surface area contributed by atoms with Crippen LogP contribution in [-0.2, 0) is 4.79 Å². The molecule has 0 spiro atoms. The van der Waals surface area contributed by atoms with Crippen molar-refractivity contribution in [3.05, 3.63) is 34.3 Å². The molecule has 1 amide bonds. The summed E-state index contributed by atoms with van der Waals surface area (Å²) in [5.74, 6) is 1.14. The van der Waals surface area contributed by atoms with Gasteiger partial charge in [0.05, 0.1) is 0 Å². The largest absolute Gasteiger partial charge is 0.342 e. The Hall–Kier alpha value is -0.870. The van der Waals surface area contributed by atoms with E-state index in [1.807, 2.05) is 25.2 Å². The summed E-state index contributed by atoms with van der Waals surface area (Å²) in [5, 5.41) is 3.23. The first-order valence-electron chi connectivity index (χ1n) is 7.78. The highest BCUT2D eigenvalue weighted by molar-refractivity contribution is 9.10. The summed E-state index contributed by atoms with van der Waals surface area (Å²) in [6.07, 6.45) is 2.95. The molecule has 1 N–H and O–H groups in total. The van der Waals surface area contributed by atoms with E-state index in [0.29, 0.717) is 18.2 Å². The summed E-state index contributed by atoms with van der Waals surface area (Å²) in [7, 11) is 1.98. The normalized spacial score (nSPS) is 20.3. The Morgan fingerprint density at radius 3 is 2.95 bits per heavy atom. The van der Waals surface area contributed by atoms with Gasteiger partial charge in [-0.15, -0.1) is 0 Å². The highest BCUT2D eigenvalue weighted by Gasteiger charge is 2.24. The van der Waals surface area contributed by atoms with E-state index in [-0.39, 0.29) is 5.92 Å². The lowest BCUT2D eigenvalue weighted by atomic mass is 9.94. The molecule has 1 aromatic carbocycles. The third-order valence-electron chi connectivity index (χ3n) is 4.28. The molecule has 0 bridgehead atoms. The Labute approximate surface area is 136 Å². The van der Waals surface area contributed by atoms with Gasteiger partial charge in [-0.3, -0.25) is 4.79 Å². The average Bonchev–Trinajstić information content (AvgIpc) is 2.48. The number of rotatable bonds is 5. The van der Waals surface area contributed by atoms with E-state index in [1.54, 1.807) is 0 Å². The predicted molar refractivity (Wildman–Crippen MR) is 90.4 cm³/mol. The molecule has 1 fully saturated rings. The summed E-state index contributed by atoms with van der Waals surface area (Å²) in [6.45, 7) is 4.96. The van der Waals surface area contributed by atoms with Crippen molar-refractivity contribution in [3.8, 4) is 0 Å². The molecule has 3 nitrogen and oxygen atoms in total. The van der Waals surface area contributed by atoms with Crippen LogP contribution < -0.4 is 5.32 Å². The van der Waals surface area contributed by atoms with Crippen LogP contribution in [0.1, 0.15) is 37.7 Å². The molecule has 2 atom stereocenters. The van der Waals surface area contributed by atoms with Gasteiger partial charge in [-0.2, -0.15) is 0 Å². The third kappa shape index (κ3) is 4.55. The molecule has 116 valence electrons. The van der Waals surface area contributed by atoms with E-state index in [9.17, 15) is 4.79 Å². The smallest absolute Gasteiger partial charge is 0.223 e. The van der Waals surface area contributed by atoms with Crippen LogP contribution in [0.2, 0.25) is 0 Å². The second-order valence-electron chi connectivity index (χ2n) is 6.03. The minimum Gasteiger partial charge on any atom is -0.342 e. The first kappa shape index (κ1) is 16.5. The Kier molecular flexibility index (Phi) is 6.24. The molecular formula is C17H25BrN2O. The number of nitrogens with one attached hydrogen (secondary N) is 1. The Balaban J connectivity index is 1.93. The van der Waals surface area contributed by atoms with Crippen LogP contribution in [0.4, 0.5) is 0 Å². The van der Waals surface area contributed by atoms with E-state index in [0.717, 1.165) is 30.5 Å². The number of nitrogens with zero attached hydrogens (tertiary/aromatic N) is 1. The van der Waals surface area contributed by atoms with Crippen LogP contribution in [0.15, 0.2) is 28.7 Å². The minimum atomic E-state index is 0.248. The lowest BCUT2D eigenvalue weighted by Gasteiger charge is -2.33. The second-order valence-corrected chi connectivity index (χ2v) is 6.89. The fourth-order valence-electron chi connectivity index (χ4n) is 3.12. The van der Waals surface area contributed by atoms with Crippen molar-refractivity contribution in [1.29, 1.82) is 0 Å². The van der Waals surface area contributed by atoms with Crippen molar-refractivity contribution in [2.75, 3.05) is 26.7 Å². The minimum absolute atomic E-state index is 0.248. The van der Waals surface area contributed by atoms with Gasteiger partial charge in [-0.05, 0) is 49.9 Å². The maximum absolute atomic E-state index is 12.5. The highest BCUT2D eigenvalue weighted by atomic mass is 79.9. The lowest BCUT2D eigenvalue weighted by Crippen LogP contribution is -2.42. The molecule has 1 aliphatic heterocycles. The number of benzene rings is 1. The number of piperidine rings is 1. The summed E-state index contributed by atoms with van der Waals surface area (Å²) in [6, 6.07) is 8.18. The van der Waals surface area contributed by atoms with Crippen LogP contribution in [0.5, 0.6) is 0 Å². The van der Waals surface area contributed by atoms with Gasteiger partial charge in [0.15, 0.2) is 0 Å². The number of likely N-dealkylation sites (tertiary alicyclic amines) is 1. The summed E-state index contributed by atoms with van der Waals surface area (Å²) < 4.78 is 1.09. The summed E-state index contributed by atoms with van der Waals surface area (Å²) in [5.41, 5.74) is 1.22. The molecule has 4 heteroatoms. The maximum Gasteiger partial charge on any atom is 0.223 e. The van der Waals surface area contributed by atoms with Crippen molar-refractivity contribution >= 4 is 21.8 Å². The van der Waals surface area contributed by atoms with E-state index in [1.165, 1.54) is 12.0 Å². The van der Waals surface area contributed by atoms with Crippen LogP contribution in [0, 0.1) is 5.92 Å². The molecule has 0 aromatic heterocycles. The first-order valence-corrected chi connectivity index (χ1v) is 8.58. The Morgan fingerprint density at radius 2 is 2.24 bits per heavy atom. The predicted octanol–water partition coefficient (Wildman–Crippen LogP) is 3.40. The number of amides is 1. The molecule has 1 aliphatic rings. The molecule has 0 saturated carbocycles. The van der Waals surface area contributed by atoms with Gasteiger partial charge in [-0.1, -0.05) is 41.1 Å². The standard InChI is InChI=1S/C17H25BrN2O/c1-13(15-7-3-4-8-16(15)18)10-17(21)20-9-5-6-14(12-20)11-19-2/h3-4,7-8,13-14,19H,5-6,9-12H2,1-2H3/t13-,14+/m1/s1. The molecule has 2 rings (SSSR count). The molecule has 0 unspecified atom stereocenters. The number of carbonyl (C=O) groups is 1. The highest BCUT2D eigenvalue weighted by Crippen LogP contribution is 2.28. The molecule has 21 heavy (non-hydrogen) atoms. The molecule has 0 radical (unpaired) electrons. The topological polar surface area (TPSA) is 32.3 Å². The van der Waals surface area contributed by atoms with E-state index < -0.39 is 0 Å². The van der Waals surface area contributed by atoms with E-state index in [4.69, 9.17) is 0 Å². The zero-order chi connectivity index (χ0) is 15.2. The van der Waals surface area contributed by atoms with E-state index in [2.05, 4.69) is 39.1 Å². The monoisotopic (exact) mass is 352 g/mol. The fraction of sp³-hybridized carbons (Fsp3) is 0.588. The average molecular weight is 353 g/mol. The van der Waals surface area contributed by atoms with Crippen LogP contribution in [-0.4, -0.2) is 37.5 Å². The summed E-state index contributed by atoms with van der Waals surface area (Å²) in [4.78, 5) is 14.6. The van der Waals surface area contributed by atoms with Crippen molar-refractivity contribution in [1.82, 2.24) is 10.2 Å². The SMILES string of the molecule is CNC[C@@H]1CCCN(C(=O)C[C@@H](C)c2ccccc2Br)C1. The number of hydrogen-bond donors (Lipinski definition) is 1. The van der Waals surface area contributed by atoms with Gasteiger partial charge in [0.2, 0.25) is 5.91 Å². The van der Waals surface area contributed by atoms with Gasteiger partial charge in [0, 0.05) is 24.0 Å². The van der Waals surface area contributed by atoms with Crippen molar-refractivity contribution in [2.45, 2.75) is 32.1 Å². The maximum atomic E-state index is 12.5. The number of halogens is 1. The van der Waals surface area contributed by atoms with Gasteiger partial charge in [0.25, 0.3) is 0 Å². The zero-order valence-electron chi connectivity index (χ0n) is 12.9. The quantitative estimate of drug-likeness (QED) is 0.880. The molecule has 0 aliphatic carbocycles. The Morgan fingerprint density at radius 1 is 1.48 bits per heavy atom. The number of hydrogen-bond acceptors (Lipinski definition) is 2. The van der Waals surface area contributed by atoms with Crippen molar-refractivity contribution < 1.29 is 4.79 Å². The van der Waals surface area contributed by atoms with Crippen LogP contribution in [0.25, 0.3) is 0 Å². The fourth-order valence-corrected chi connectivity index (χ4v) is 3.80. The van der Waals surface area contributed by atoms with Gasteiger partial charge >= 0.3 is 0 Å². The molecule has 1 aromatic rings. The zero-order valence-corrected chi connectivity index (χ0v) is 14.5. The molecular weight excluding hydrogens is 328 g/mol. The second kappa shape index (κ2) is 7.95. The third-order valence-corrected chi connectivity index (χ3v) is 5.00. The summed E-state index contributed by atoms with van der Waals surface area (Å²) >= 11 is 3.58. The number of carbonyl (C=O) groups excluding carboxylic acids is 1. The Bertz CT molecular complexity index is 476. The van der Waals surface area contributed by atoms with Crippen LogP contribution in [0.3, 0.4) is 0 Å². The van der Waals surface area contributed by atoms with E-state index >= 15 is 0 Å². The van der Waals surface area contributed by atoms with Crippen molar-refractivity contribution in [3.63, 3.8) is 0 Å². The first-order chi connectivity index (χ1) is 10.1. The van der Waals surface area contributed by atoms with Gasteiger partial charge < -0.3 is 10.2 Å².